The summed E-state index contributed by atoms with van der Waals surface area (Å²) >= 11 is 0. The molecular formula is C27H35FN4O4S. The molecule has 3 N–H and O–H groups in total. The number of carbonyl (C=O) groups excluding carboxylic acids is 2. The van der Waals surface area contributed by atoms with Gasteiger partial charge in [-0.15, -0.1) is 0 Å². The molecule has 2 aromatic carbocycles. The van der Waals surface area contributed by atoms with Crippen LogP contribution in [0.3, 0.4) is 0 Å². The molecular weight excluding hydrogens is 495 g/mol. The minimum absolute atomic E-state index is 0.215. The summed E-state index contributed by atoms with van der Waals surface area (Å²) < 4.78 is 38.7. The number of rotatable bonds is 10. The molecule has 1 aliphatic carbocycles. The van der Waals surface area contributed by atoms with Gasteiger partial charge in [-0.25, -0.2) is 12.8 Å². The van der Waals surface area contributed by atoms with E-state index in [1.54, 1.807) is 12.1 Å². The summed E-state index contributed by atoms with van der Waals surface area (Å²) in [6.07, 6.45) is 7.99. The van der Waals surface area contributed by atoms with Gasteiger partial charge in [0.1, 0.15) is 11.9 Å². The van der Waals surface area contributed by atoms with Crippen LogP contribution in [0.4, 0.5) is 15.8 Å². The van der Waals surface area contributed by atoms with E-state index in [-0.39, 0.29) is 17.6 Å². The number of fused-ring (bicyclic) bond motifs is 1. The molecule has 4 rings (SSSR count). The van der Waals surface area contributed by atoms with Crippen molar-refractivity contribution in [3.8, 4) is 0 Å². The molecule has 1 aliphatic heterocycles. The normalized spacial score (nSPS) is 16.6. The van der Waals surface area contributed by atoms with Gasteiger partial charge in [-0.3, -0.25) is 14.3 Å². The van der Waals surface area contributed by atoms with Crippen LogP contribution in [0.5, 0.6) is 0 Å². The lowest BCUT2D eigenvalue weighted by Gasteiger charge is -2.27. The lowest BCUT2D eigenvalue weighted by atomic mass is 9.84. The molecule has 0 bridgehead atoms. The number of benzene rings is 2. The van der Waals surface area contributed by atoms with Gasteiger partial charge in [0.15, 0.2) is 0 Å². The van der Waals surface area contributed by atoms with Gasteiger partial charge < -0.3 is 15.5 Å². The molecule has 10 heteroatoms. The number of nitrogens with zero attached hydrogens (tertiary/aromatic N) is 1. The lowest BCUT2D eigenvalue weighted by Crippen LogP contribution is -2.49. The van der Waals surface area contributed by atoms with Crippen molar-refractivity contribution in [1.29, 1.82) is 0 Å². The molecule has 200 valence electrons. The van der Waals surface area contributed by atoms with Crippen LogP contribution in [0.15, 0.2) is 42.5 Å². The third kappa shape index (κ3) is 7.67. The summed E-state index contributed by atoms with van der Waals surface area (Å²) in [5.74, 6) is -0.451. The van der Waals surface area contributed by atoms with E-state index in [1.165, 1.54) is 36.8 Å². The van der Waals surface area contributed by atoms with E-state index in [0.29, 0.717) is 36.7 Å². The average Bonchev–Trinajstić information content (AvgIpc) is 3.25. The van der Waals surface area contributed by atoms with Crippen molar-refractivity contribution in [2.45, 2.75) is 51.0 Å². The molecule has 1 atom stereocenters. The fraction of sp³-hybridized carbons (Fsp3) is 0.481. The van der Waals surface area contributed by atoms with Crippen molar-refractivity contribution in [2.24, 2.45) is 5.92 Å². The van der Waals surface area contributed by atoms with Gasteiger partial charge in [0.2, 0.25) is 15.9 Å². The van der Waals surface area contributed by atoms with E-state index in [2.05, 4.69) is 20.3 Å². The predicted molar refractivity (Wildman–Crippen MR) is 143 cm³/mol. The van der Waals surface area contributed by atoms with Crippen LogP contribution in [-0.2, 0) is 21.2 Å². The quantitative estimate of drug-likeness (QED) is 0.436. The summed E-state index contributed by atoms with van der Waals surface area (Å²) in [6.45, 7) is 1.79. The largest absolute Gasteiger partial charge is 0.369 e. The first-order valence-corrected chi connectivity index (χ1v) is 14.8. The van der Waals surface area contributed by atoms with E-state index >= 15 is 0 Å². The molecule has 37 heavy (non-hydrogen) atoms. The van der Waals surface area contributed by atoms with E-state index in [0.717, 1.165) is 56.2 Å². The second kappa shape index (κ2) is 11.9. The number of halogens is 1. The summed E-state index contributed by atoms with van der Waals surface area (Å²) in [7, 11) is -3.41. The van der Waals surface area contributed by atoms with Gasteiger partial charge in [-0.05, 0) is 66.8 Å². The number of sulfonamides is 1. The van der Waals surface area contributed by atoms with E-state index in [9.17, 15) is 22.4 Å². The van der Waals surface area contributed by atoms with E-state index in [4.69, 9.17) is 0 Å². The molecule has 8 nitrogen and oxygen atoms in total. The van der Waals surface area contributed by atoms with E-state index < -0.39 is 16.1 Å². The van der Waals surface area contributed by atoms with Gasteiger partial charge in [-0.2, -0.15) is 0 Å². The maximum Gasteiger partial charge on any atom is 0.251 e. The maximum atomic E-state index is 13.5. The summed E-state index contributed by atoms with van der Waals surface area (Å²) in [4.78, 5) is 28.3. The first kappa shape index (κ1) is 26.9. The zero-order chi connectivity index (χ0) is 26.4. The van der Waals surface area contributed by atoms with Gasteiger partial charge in [0, 0.05) is 36.6 Å². The third-order valence-electron chi connectivity index (χ3n) is 7.08. The van der Waals surface area contributed by atoms with E-state index in [1.807, 2.05) is 0 Å². The molecule has 0 spiro atoms. The monoisotopic (exact) mass is 530 g/mol. The SMILES string of the molecule is CS(=O)(=O)Nc1ccc(C(=O)NC(CC2CCCCC2)C(=O)NCCN2CCc3cc(F)ccc32)cc1. The maximum absolute atomic E-state index is 13.5. The van der Waals surface area contributed by atoms with Crippen LogP contribution in [0, 0.1) is 11.7 Å². The highest BCUT2D eigenvalue weighted by molar-refractivity contribution is 7.92. The molecule has 2 aliphatic rings. The lowest BCUT2D eigenvalue weighted by molar-refractivity contribution is -0.123. The Morgan fingerprint density at radius 3 is 2.51 bits per heavy atom. The van der Waals surface area contributed by atoms with Crippen molar-refractivity contribution < 1.29 is 22.4 Å². The molecule has 0 saturated heterocycles. The Labute approximate surface area is 218 Å². The Morgan fingerprint density at radius 2 is 1.81 bits per heavy atom. The first-order valence-electron chi connectivity index (χ1n) is 12.9. The number of hydrogen-bond acceptors (Lipinski definition) is 5. The molecule has 2 aromatic rings. The summed E-state index contributed by atoms with van der Waals surface area (Å²) in [5, 5.41) is 5.89. The highest BCUT2D eigenvalue weighted by Gasteiger charge is 2.27. The van der Waals surface area contributed by atoms with Crippen molar-refractivity contribution in [2.75, 3.05) is 35.5 Å². The highest BCUT2D eigenvalue weighted by atomic mass is 32.2. The van der Waals surface area contributed by atoms with Crippen LogP contribution in [0.25, 0.3) is 0 Å². The van der Waals surface area contributed by atoms with Gasteiger partial charge in [0.05, 0.1) is 6.26 Å². The van der Waals surface area contributed by atoms with Crippen LogP contribution < -0.4 is 20.3 Å². The van der Waals surface area contributed by atoms with Crippen LogP contribution >= 0.6 is 0 Å². The van der Waals surface area contributed by atoms with Crippen molar-refractivity contribution in [1.82, 2.24) is 10.6 Å². The Hall–Kier alpha value is -3.14. The third-order valence-corrected chi connectivity index (χ3v) is 7.69. The van der Waals surface area contributed by atoms with Gasteiger partial charge in [-0.1, -0.05) is 32.1 Å². The first-order chi connectivity index (χ1) is 17.7. The number of hydrogen-bond donors (Lipinski definition) is 3. The zero-order valence-corrected chi connectivity index (χ0v) is 22.0. The summed E-state index contributed by atoms with van der Waals surface area (Å²) in [5.41, 5.74) is 2.69. The number of nitrogens with one attached hydrogen (secondary N) is 3. The van der Waals surface area contributed by atoms with Crippen molar-refractivity contribution >= 4 is 33.2 Å². The van der Waals surface area contributed by atoms with Crippen LogP contribution in [0.2, 0.25) is 0 Å². The average molecular weight is 531 g/mol. The topological polar surface area (TPSA) is 108 Å². The molecule has 1 heterocycles. The highest BCUT2D eigenvalue weighted by Crippen LogP contribution is 2.29. The fourth-order valence-corrected chi connectivity index (χ4v) is 5.81. The number of carbonyl (C=O) groups is 2. The predicted octanol–water partition coefficient (Wildman–Crippen LogP) is 3.44. The number of anilines is 2. The second-order valence-corrected chi connectivity index (χ2v) is 11.8. The Kier molecular flexibility index (Phi) is 8.68. The fourth-order valence-electron chi connectivity index (χ4n) is 5.24. The zero-order valence-electron chi connectivity index (χ0n) is 21.1. The van der Waals surface area contributed by atoms with Gasteiger partial charge >= 0.3 is 0 Å². The molecule has 1 fully saturated rings. The molecule has 0 radical (unpaired) electrons. The molecule has 2 amide bonds. The second-order valence-electron chi connectivity index (χ2n) is 10.0. The molecule has 0 aromatic heterocycles. The minimum Gasteiger partial charge on any atom is -0.369 e. The minimum atomic E-state index is -3.41. The molecule has 1 unspecified atom stereocenters. The van der Waals surface area contributed by atoms with Crippen LogP contribution in [0.1, 0.15) is 54.4 Å². The standard InChI is InChI=1S/C27H35FN4O4S/c1-37(35,36)31-23-10-7-20(8-11-23)26(33)30-24(17-19-5-3-2-4-6-19)27(34)29-14-16-32-15-13-21-18-22(28)9-12-25(21)32/h7-12,18-19,24,31H,2-6,13-17H2,1H3,(H,29,34)(H,30,33). The van der Waals surface area contributed by atoms with Crippen molar-refractivity contribution in [3.63, 3.8) is 0 Å². The number of amides is 2. The van der Waals surface area contributed by atoms with Gasteiger partial charge in [0.25, 0.3) is 5.91 Å². The smallest absolute Gasteiger partial charge is 0.251 e. The summed E-state index contributed by atoms with van der Waals surface area (Å²) in [6, 6.07) is 10.2. The van der Waals surface area contributed by atoms with Crippen LogP contribution in [-0.4, -0.2) is 52.2 Å². The molecule has 1 saturated carbocycles. The van der Waals surface area contributed by atoms with Crippen molar-refractivity contribution in [3.05, 3.63) is 59.4 Å². The Balaban J connectivity index is 1.36. The Bertz CT molecular complexity index is 1210. The Morgan fingerprint density at radius 1 is 1.08 bits per heavy atom.